The largest absolute Gasteiger partial charge is 0.338 e. The molecule has 0 N–H and O–H groups in total. The lowest BCUT2D eigenvalue weighted by Gasteiger charge is -2.56. The van der Waals surface area contributed by atoms with Crippen LogP contribution in [-0.2, 0) is 0 Å². The van der Waals surface area contributed by atoms with Gasteiger partial charge in [-0.3, -0.25) is 4.79 Å². The summed E-state index contributed by atoms with van der Waals surface area (Å²) in [6.45, 7) is 0. The molecule has 1 heterocycles. The highest BCUT2D eigenvalue weighted by molar-refractivity contribution is 5.94. The molecule has 4 aliphatic rings. The quantitative estimate of drug-likeness (QED) is 0.839. The fourth-order valence-electron chi connectivity index (χ4n) is 6.10. The zero-order valence-corrected chi connectivity index (χ0v) is 15.0. The zero-order chi connectivity index (χ0) is 17.8. The van der Waals surface area contributed by atoms with Crippen LogP contribution in [0.15, 0.2) is 36.7 Å². The molecule has 1 aromatic heterocycles. The zero-order valence-electron chi connectivity index (χ0n) is 15.0. The first kappa shape index (κ1) is 16.0. The molecule has 4 nitrogen and oxygen atoms in total. The van der Waals surface area contributed by atoms with Gasteiger partial charge in [0.15, 0.2) is 0 Å². The Labute approximate surface area is 153 Å². The Balaban J connectivity index is 1.39. The lowest BCUT2D eigenvalue weighted by Crippen LogP contribution is -2.56. The van der Waals surface area contributed by atoms with Crippen molar-refractivity contribution < 1.29 is 9.18 Å². The number of carbonyl (C=O) groups excluding carboxylic acids is 1. The minimum absolute atomic E-state index is 0.0617. The van der Waals surface area contributed by atoms with Crippen LogP contribution in [0.4, 0.5) is 4.39 Å². The van der Waals surface area contributed by atoms with Crippen molar-refractivity contribution in [1.29, 1.82) is 0 Å². The molecule has 0 radical (unpaired) electrons. The summed E-state index contributed by atoms with van der Waals surface area (Å²) in [5, 5.41) is 4.06. The predicted octanol–water partition coefficient (Wildman–Crippen LogP) is 3.91. The maximum atomic E-state index is 14.5. The Bertz CT molecular complexity index is 804. The Morgan fingerprint density at radius 3 is 2.42 bits per heavy atom. The normalized spacial score (nSPS) is 32.0. The van der Waals surface area contributed by atoms with Crippen LogP contribution in [0.5, 0.6) is 0 Å². The van der Waals surface area contributed by atoms with Gasteiger partial charge >= 0.3 is 0 Å². The van der Waals surface area contributed by atoms with Crippen molar-refractivity contribution in [3.63, 3.8) is 0 Å². The van der Waals surface area contributed by atoms with E-state index in [0.29, 0.717) is 29.1 Å². The summed E-state index contributed by atoms with van der Waals surface area (Å²) >= 11 is 0. The van der Waals surface area contributed by atoms with E-state index >= 15 is 0 Å². The van der Waals surface area contributed by atoms with Crippen LogP contribution >= 0.6 is 0 Å². The van der Waals surface area contributed by atoms with E-state index < -0.39 is 5.82 Å². The molecule has 0 spiro atoms. The Hall–Kier alpha value is -2.17. The lowest BCUT2D eigenvalue weighted by molar-refractivity contribution is -0.0491. The van der Waals surface area contributed by atoms with E-state index in [4.69, 9.17) is 0 Å². The number of hydrogen-bond donors (Lipinski definition) is 0. The van der Waals surface area contributed by atoms with Crippen molar-refractivity contribution in [1.82, 2.24) is 14.7 Å². The standard InChI is InChI=1S/C21H24FN3O/c1-24(20-16-8-13-7-14(10-16)11-17(20)9-13)21(26)15-3-4-19(18(22)12-15)25-6-2-5-23-25/h2-6,12-14,16-17,20H,7-11H2,1H3. The molecule has 4 aliphatic carbocycles. The minimum atomic E-state index is -0.418. The van der Waals surface area contributed by atoms with Gasteiger partial charge in [-0.2, -0.15) is 5.10 Å². The van der Waals surface area contributed by atoms with E-state index in [1.165, 1.54) is 42.9 Å². The molecule has 6 rings (SSSR count). The molecule has 0 atom stereocenters. The van der Waals surface area contributed by atoms with Crippen LogP contribution in [0, 0.1) is 29.5 Å². The van der Waals surface area contributed by atoms with Gasteiger partial charge in [0.25, 0.3) is 5.91 Å². The SMILES string of the molecule is CN(C(=O)c1ccc(-n2cccn2)c(F)c1)C1C2CC3CC(C2)CC1C3. The minimum Gasteiger partial charge on any atom is -0.338 e. The third-order valence-electron chi connectivity index (χ3n) is 6.89. The molecule has 1 aromatic carbocycles. The van der Waals surface area contributed by atoms with Crippen molar-refractivity contribution in [2.24, 2.45) is 23.7 Å². The van der Waals surface area contributed by atoms with Gasteiger partial charge in [-0.15, -0.1) is 0 Å². The van der Waals surface area contributed by atoms with Gasteiger partial charge in [0.05, 0.1) is 0 Å². The van der Waals surface area contributed by atoms with Gasteiger partial charge in [0.2, 0.25) is 0 Å². The molecule has 136 valence electrons. The van der Waals surface area contributed by atoms with Crippen molar-refractivity contribution in [2.45, 2.75) is 38.1 Å². The monoisotopic (exact) mass is 353 g/mol. The second-order valence-electron chi connectivity index (χ2n) is 8.45. The smallest absolute Gasteiger partial charge is 0.253 e. The molecule has 0 unspecified atom stereocenters. The molecule has 4 saturated carbocycles. The van der Waals surface area contributed by atoms with Gasteiger partial charge in [-0.05, 0) is 80.0 Å². The van der Waals surface area contributed by atoms with Gasteiger partial charge in [-0.25, -0.2) is 9.07 Å². The summed E-state index contributed by atoms with van der Waals surface area (Å²) < 4.78 is 16.0. The fourth-order valence-corrected chi connectivity index (χ4v) is 6.10. The number of halogens is 1. The molecular formula is C21H24FN3O. The lowest BCUT2D eigenvalue weighted by atomic mass is 9.54. The molecule has 0 aliphatic heterocycles. The van der Waals surface area contributed by atoms with Crippen molar-refractivity contribution >= 4 is 5.91 Å². The van der Waals surface area contributed by atoms with Crippen LogP contribution < -0.4 is 0 Å². The highest BCUT2D eigenvalue weighted by atomic mass is 19.1. The second-order valence-corrected chi connectivity index (χ2v) is 8.45. The van der Waals surface area contributed by atoms with Crippen LogP contribution in [-0.4, -0.2) is 33.7 Å². The first-order valence-corrected chi connectivity index (χ1v) is 9.67. The summed E-state index contributed by atoms with van der Waals surface area (Å²) in [6, 6.07) is 6.78. The van der Waals surface area contributed by atoms with Gasteiger partial charge < -0.3 is 4.90 Å². The highest BCUT2D eigenvalue weighted by Crippen LogP contribution is 2.55. The second kappa shape index (κ2) is 5.93. The van der Waals surface area contributed by atoms with Crippen LogP contribution in [0.25, 0.3) is 5.69 Å². The summed E-state index contributed by atoms with van der Waals surface area (Å²) in [7, 11) is 1.91. The Morgan fingerprint density at radius 1 is 1.15 bits per heavy atom. The number of nitrogens with zero attached hydrogens (tertiary/aromatic N) is 3. The fraction of sp³-hybridized carbons (Fsp3) is 0.524. The van der Waals surface area contributed by atoms with Crippen molar-refractivity contribution in [3.8, 4) is 5.69 Å². The number of benzene rings is 1. The number of hydrogen-bond acceptors (Lipinski definition) is 2. The maximum absolute atomic E-state index is 14.5. The molecule has 2 aromatic rings. The Morgan fingerprint density at radius 2 is 1.85 bits per heavy atom. The molecule has 0 saturated heterocycles. The van der Waals surface area contributed by atoms with Gasteiger partial charge in [0, 0.05) is 31.0 Å². The van der Waals surface area contributed by atoms with Gasteiger partial charge in [-0.1, -0.05) is 0 Å². The Kier molecular flexibility index (Phi) is 3.66. The third-order valence-corrected chi connectivity index (χ3v) is 6.89. The molecular weight excluding hydrogens is 329 g/mol. The van der Waals surface area contributed by atoms with E-state index in [9.17, 15) is 9.18 Å². The van der Waals surface area contributed by atoms with Crippen molar-refractivity contribution in [3.05, 3.63) is 48.0 Å². The maximum Gasteiger partial charge on any atom is 0.253 e. The molecule has 4 fully saturated rings. The van der Waals surface area contributed by atoms with E-state index in [2.05, 4.69) is 5.10 Å². The summed E-state index contributed by atoms with van der Waals surface area (Å²) in [5.41, 5.74) is 0.790. The summed E-state index contributed by atoms with van der Waals surface area (Å²) in [6.07, 6.45) is 9.77. The van der Waals surface area contributed by atoms with Crippen molar-refractivity contribution in [2.75, 3.05) is 7.05 Å². The topological polar surface area (TPSA) is 38.1 Å². The molecule has 26 heavy (non-hydrogen) atoms. The third kappa shape index (κ3) is 2.48. The van der Waals surface area contributed by atoms with E-state index in [0.717, 1.165) is 11.8 Å². The average molecular weight is 353 g/mol. The first-order chi connectivity index (χ1) is 12.6. The average Bonchev–Trinajstić information content (AvgIpc) is 3.14. The summed E-state index contributed by atoms with van der Waals surface area (Å²) in [4.78, 5) is 15.0. The molecule has 4 bridgehead atoms. The van der Waals surface area contributed by atoms with Crippen LogP contribution in [0.1, 0.15) is 42.5 Å². The van der Waals surface area contributed by atoms with Crippen LogP contribution in [0.2, 0.25) is 0 Å². The van der Waals surface area contributed by atoms with E-state index in [-0.39, 0.29) is 5.91 Å². The highest BCUT2D eigenvalue weighted by Gasteiger charge is 2.50. The van der Waals surface area contributed by atoms with E-state index in [1.54, 1.807) is 30.6 Å². The predicted molar refractivity (Wildman–Crippen MR) is 96.4 cm³/mol. The number of aromatic nitrogens is 2. The first-order valence-electron chi connectivity index (χ1n) is 9.67. The molecule has 1 amide bonds. The number of amides is 1. The van der Waals surface area contributed by atoms with Crippen LogP contribution in [0.3, 0.4) is 0 Å². The van der Waals surface area contributed by atoms with Gasteiger partial charge in [0.1, 0.15) is 11.5 Å². The summed E-state index contributed by atoms with van der Waals surface area (Å²) in [5.74, 6) is 2.54. The van der Waals surface area contributed by atoms with E-state index in [1.807, 2.05) is 11.9 Å². The number of rotatable bonds is 3. The molecule has 5 heteroatoms. The number of carbonyl (C=O) groups is 1.